The van der Waals surface area contributed by atoms with Gasteiger partial charge in [0, 0.05) is 19.1 Å². The first-order valence-corrected chi connectivity index (χ1v) is 5.89. The largest absolute Gasteiger partial charge is 0.396 e. The number of nitrogen functional groups attached to an aromatic ring is 2. The van der Waals surface area contributed by atoms with Crippen molar-refractivity contribution in [1.29, 1.82) is 0 Å². The zero-order chi connectivity index (χ0) is 13.0. The van der Waals surface area contributed by atoms with E-state index in [2.05, 4.69) is 42.7 Å². The molecule has 4 N–H and O–H groups in total. The standard InChI is InChI=1S/C12H23N5/c1-5-17(9(2)8-16(3)4)11-7-6-10(13)12(14)15-11/h6-7,9H,5,8,13H2,1-4H3,(H2,14,15). The summed E-state index contributed by atoms with van der Waals surface area (Å²) in [5, 5.41) is 0. The van der Waals surface area contributed by atoms with Crippen LogP contribution in [0, 0.1) is 0 Å². The van der Waals surface area contributed by atoms with Crippen LogP contribution >= 0.6 is 0 Å². The Kier molecular flexibility index (Phi) is 4.57. The summed E-state index contributed by atoms with van der Waals surface area (Å²) in [4.78, 5) is 8.71. The van der Waals surface area contributed by atoms with Gasteiger partial charge >= 0.3 is 0 Å². The van der Waals surface area contributed by atoms with E-state index in [1.165, 1.54) is 0 Å². The van der Waals surface area contributed by atoms with Crippen LogP contribution < -0.4 is 16.4 Å². The van der Waals surface area contributed by atoms with Gasteiger partial charge in [0.15, 0.2) is 0 Å². The van der Waals surface area contributed by atoms with Gasteiger partial charge in [-0.25, -0.2) is 4.98 Å². The van der Waals surface area contributed by atoms with Crippen LogP contribution in [0.1, 0.15) is 13.8 Å². The molecule has 17 heavy (non-hydrogen) atoms. The third kappa shape index (κ3) is 3.49. The van der Waals surface area contributed by atoms with Crippen LogP contribution in [-0.4, -0.2) is 43.1 Å². The van der Waals surface area contributed by atoms with Gasteiger partial charge in [-0.15, -0.1) is 0 Å². The topological polar surface area (TPSA) is 71.4 Å². The van der Waals surface area contributed by atoms with Crippen molar-refractivity contribution < 1.29 is 0 Å². The van der Waals surface area contributed by atoms with Crippen LogP contribution in [0.4, 0.5) is 17.3 Å². The molecular weight excluding hydrogens is 214 g/mol. The molecule has 0 saturated heterocycles. The third-order valence-electron chi connectivity index (χ3n) is 2.74. The predicted molar refractivity (Wildman–Crippen MR) is 74.1 cm³/mol. The van der Waals surface area contributed by atoms with Crippen molar-refractivity contribution in [2.45, 2.75) is 19.9 Å². The zero-order valence-electron chi connectivity index (χ0n) is 11.1. The minimum atomic E-state index is 0.380. The van der Waals surface area contributed by atoms with E-state index in [4.69, 9.17) is 11.5 Å². The van der Waals surface area contributed by atoms with E-state index in [0.29, 0.717) is 17.5 Å². The van der Waals surface area contributed by atoms with Crippen LogP contribution in [0.2, 0.25) is 0 Å². The van der Waals surface area contributed by atoms with E-state index in [0.717, 1.165) is 18.9 Å². The maximum atomic E-state index is 5.74. The van der Waals surface area contributed by atoms with Crippen LogP contribution in [-0.2, 0) is 0 Å². The van der Waals surface area contributed by atoms with Gasteiger partial charge in [-0.1, -0.05) is 0 Å². The smallest absolute Gasteiger partial charge is 0.149 e. The maximum Gasteiger partial charge on any atom is 0.149 e. The molecule has 1 aromatic rings. The van der Waals surface area contributed by atoms with Crippen molar-refractivity contribution in [3.05, 3.63) is 12.1 Å². The Labute approximate surface area is 103 Å². The van der Waals surface area contributed by atoms with Gasteiger partial charge < -0.3 is 21.3 Å². The van der Waals surface area contributed by atoms with Gasteiger partial charge in [0.1, 0.15) is 11.6 Å². The summed E-state index contributed by atoms with van der Waals surface area (Å²) in [6.07, 6.45) is 0. The monoisotopic (exact) mass is 237 g/mol. The Balaban J connectivity index is 2.89. The molecule has 1 atom stereocenters. The second-order valence-electron chi connectivity index (χ2n) is 4.54. The van der Waals surface area contributed by atoms with Crippen molar-refractivity contribution in [2.75, 3.05) is 43.6 Å². The summed E-state index contributed by atoms with van der Waals surface area (Å²) in [6.45, 7) is 6.16. The van der Waals surface area contributed by atoms with Gasteiger partial charge in [0.25, 0.3) is 0 Å². The summed E-state index contributed by atoms with van der Waals surface area (Å²) in [5.41, 5.74) is 11.9. The minimum absolute atomic E-state index is 0.380. The molecule has 1 rings (SSSR count). The van der Waals surface area contributed by atoms with Gasteiger partial charge in [-0.2, -0.15) is 0 Å². The van der Waals surface area contributed by atoms with Crippen molar-refractivity contribution in [1.82, 2.24) is 9.88 Å². The molecular formula is C12H23N5. The normalized spacial score (nSPS) is 12.8. The lowest BCUT2D eigenvalue weighted by molar-refractivity contribution is 0.372. The number of rotatable bonds is 5. The molecule has 0 amide bonds. The number of anilines is 3. The molecule has 5 heteroatoms. The van der Waals surface area contributed by atoms with Gasteiger partial charge in [-0.05, 0) is 40.1 Å². The number of hydrogen-bond acceptors (Lipinski definition) is 5. The number of hydrogen-bond donors (Lipinski definition) is 2. The molecule has 0 saturated carbocycles. The molecule has 1 unspecified atom stereocenters. The van der Waals surface area contributed by atoms with Gasteiger partial charge in [0.2, 0.25) is 0 Å². The fourth-order valence-electron chi connectivity index (χ4n) is 1.96. The number of nitrogens with zero attached hydrogens (tertiary/aromatic N) is 3. The average molecular weight is 237 g/mol. The zero-order valence-corrected chi connectivity index (χ0v) is 11.1. The summed E-state index contributed by atoms with van der Waals surface area (Å²) in [7, 11) is 4.13. The molecule has 0 aliphatic heterocycles. The average Bonchev–Trinajstić information content (AvgIpc) is 2.23. The Morgan fingerprint density at radius 2 is 1.94 bits per heavy atom. The molecule has 1 heterocycles. The fraction of sp³-hybridized carbons (Fsp3) is 0.583. The molecule has 1 aromatic heterocycles. The lowest BCUT2D eigenvalue weighted by Crippen LogP contribution is -2.40. The number of aromatic nitrogens is 1. The van der Waals surface area contributed by atoms with Gasteiger partial charge in [0.05, 0.1) is 5.69 Å². The minimum Gasteiger partial charge on any atom is -0.396 e. The lowest BCUT2D eigenvalue weighted by Gasteiger charge is -2.31. The number of pyridine rings is 1. The van der Waals surface area contributed by atoms with E-state index in [9.17, 15) is 0 Å². The predicted octanol–water partition coefficient (Wildman–Crippen LogP) is 1.02. The Bertz CT molecular complexity index is 364. The summed E-state index contributed by atoms with van der Waals surface area (Å²) >= 11 is 0. The Morgan fingerprint density at radius 1 is 1.29 bits per heavy atom. The Morgan fingerprint density at radius 3 is 2.41 bits per heavy atom. The highest BCUT2D eigenvalue weighted by atomic mass is 15.2. The van der Waals surface area contributed by atoms with Crippen molar-refractivity contribution >= 4 is 17.3 Å². The summed E-state index contributed by atoms with van der Waals surface area (Å²) in [6, 6.07) is 4.11. The number of nitrogens with two attached hydrogens (primary N) is 2. The van der Waals surface area contributed by atoms with Crippen LogP contribution in [0.25, 0.3) is 0 Å². The molecule has 96 valence electrons. The highest BCUT2D eigenvalue weighted by molar-refractivity contribution is 5.62. The highest BCUT2D eigenvalue weighted by Gasteiger charge is 2.15. The Hall–Kier alpha value is -1.49. The van der Waals surface area contributed by atoms with Crippen molar-refractivity contribution in [2.24, 2.45) is 0 Å². The first kappa shape index (κ1) is 13.6. The first-order valence-electron chi connectivity index (χ1n) is 5.89. The molecule has 0 radical (unpaired) electrons. The highest BCUT2D eigenvalue weighted by Crippen LogP contribution is 2.20. The molecule has 0 bridgehead atoms. The number of likely N-dealkylation sites (N-methyl/N-ethyl adjacent to an activating group) is 2. The second kappa shape index (κ2) is 5.72. The van der Waals surface area contributed by atoms with Crippen LogP contribution in [0.15, 0.2) is 12.1 Å². The summed E-state index contributed by atoms with van der Waals surface area (Å²) < 4.78 is 0. The molecule has 0 spiro atoms. The fourth-order valence-corrected chi connectivity index (χ4v) is 1.96. The molecule has 0 aliphatic rings. The SMILES string of the molecule is CCN(c1ccc(N)c(N)n1)C(C)CN(C)C. The van der Waals surface area contributed by atoms with E-state index >= 15 is 0 Å². The molecule has 5 nitrogen and oxygen atoms in total. The van der Waals surface area contributed by atoms with E-state index in [-0.39, 0.29) is 0 Å². The van der Waals surface area contributed by atoms with E-state index in [1.807, 2.05) is 12.1 Å². The first-order chi connectivity index (χ1) is 7.95. The van der Waals surface area contributed by atoms with E-state index in [1.54, 1.807) is 0 Å². The third-order valence-corrected chi connectivity index (χ3v) is 2.74. The van der Waals surface area contributed by atoms with Crippen molar-refractivity contribution in [3.8, 4) is 0 Å². The summed E-state index contributed by atoms with van der Waals surface area (Å²) in [5.74, 6) is 1.28. The van der Waals surface area contributed by atoms with Crippen LogP contribution in [0.3, 0.4) is 0 Å². The van der Waals surface area contributed by atoms with Crippen molar-refractivity contribution in [3.63, 3.8) is 0 Å². The quantitative estimate of drug-likeness (QED) is 0.800. The molecule has 0 aliphatic carbocycles. The van der Waals surface area contributed by atoms with Crippen LogP contribution in [0.5, 0.6) is 0 Å². The molecule has 0 aromatic carbocycles. The second-order valence-corrected chi connectivity index (χ2v) is 4.54. The van der Waals surface area contributed by atoms with Gasteiger partial charge in [-0.3, -0.25) is 0 Å². The van der Waals surface area contributed by atoms with E-state index < -0.39 is 0 Å². The maximum absolute atomic E-state index is 5.74. The molecule has 0 fully saturated rings. The lowest BCUT2D eigenvalue weighted by atomic mass is 10.2.